The fraction of sp³-hybridized carbons (Fsp3) is 0.600. The van der Waals surface area contributed by atoms with Gasteiger partial charge in [0.2, 0.25) is 5.91 Å². The molecule has 2 aliphatic rings. The van der Waals surface area contributed by atoms with Gasteiger partial charge < -0.3 is 15.1 Å². The molecule has 136 valence electrons. The zero-order valence-electron chi connectivity index (χ0n) is 15.2. The minimum Gasteiger partial charge on any atom is -0.343 e. The lowest BCUT2D eigenvalue weighted by Gasteiger charge is -2.36. The Morgan fingerprint density at radius 3 is 2.68 bits per heavy atom. The lowest BCUT2D eigenvalue weighted by molar-refractivity contribution is -0.127. The van der Waals surface area contributed by atoms with Gasteiger partial charge in [-0.3, -0.25) is 4.79 Å². The summed E-state index contributed by atoms with van der Waals surface area (Å²) in [5.74, 6) is 0.270. The number of carbonyl (C=O) groups excluding carboxylic acids is 2. The van der Waals surface area contributed by atoms with Gasteiger partial charge in [-0.15, -0.1) is 0 Å². The molecule has 2 aliphatic heterocycles. The third kappa shape index (κ3) is 4.74. The third-order valence-electron chi connectivity index (χ3n) is 5.36. The van der Waals surface area contributed by atoms with Crippen LogP contribution in [0.2, 0.25) is 0 Å². The van der Waals surface area contributed by atoms with E-state index in [-0.39, 0.29) is 18.0 Å². The topological polar surface area (TPSA) is 52.7 Å². The van der Waals surface area contributed by atoms with Gasteiger partial charge in [-0.2, -0.15) is 0 Å². The second kappa shape index (κ2) is 8.37. The average Bonchev–Trinajstić information content (AvgIpc) is 3.04. The second-order valence-corrected chi connectivity index (χ2v) is 7.26. The van der Waals surface area contributed by atoms with E-state index in [0.717, 1.165) is 50.9 Å². The van der Waals surface area contributed by atoms with E-state index in [1.807, 2.05) is 9.80 Å². The zero-order chi connectivity index (χ0) is 17.6. The maximum Gasteiger partial charge on any atom is 0.317 e. The van der Waals surface area contributed by atoms with Gasteiger partial charge >= 0.3 is 6.03 Å². The van der Waals surface area contributed by atoms with Gasteiger partial charge in [-0.1, -0.05) is 29.8 Å². The van der Waals surface area contributed by atoms with Crippen LogP contribution in [-0.2, 0) is 11.3 Å². The van der Waals surface area contributed by atoms with Gasteiger partial charge in [0.1, 0.15) is 0 Å². The molecule has 1 aromatic rings. The van der Waals surface area contributed by atoms with Crippen molar-refractivity contribution in [2.45, 2.75) is 58.0 Å². The lowest BCUT2D eigenvalue weighted by atomic mass is 9.99. The Labute approximate surface area is 150 Å². The Morgan fingerprint density at radius 1 is 1.16 bits per heavy atom. The first-order chi connectivity index (χ1) is 12.1. The number of likely N-dealkylation sites (tertiary alicyclic amines) is 2. The van der Waals surface area contributed by atoms with Crippen LogP contribution in [0.15, 0.2) is 24.3 Å². The van der Waals surface area contributed by atoms with Gasteiger partial charge in [0.25, 0.3) is 0 Å². The Morgan fingerprint density at radius 2 is 1.96 bits per heavy atom. The highest BCUT2D eigenvalue weighted by Crippen LogP contribution is 2.21. The van der Waals surface area contributed by atoms with Crippen molar-refractivity contribution in [3.8, 4) is 0 Å². The molecule has 25 heavy (non-hydrogen) atoms. The van der Waals surface area contributed by atoms with E-state index in [9.17, 15) is 9.59 Å². The molecule has 0 spiro atoms. The van der Waals surface area contributed by atoms with Crippen LogP contribution in [0, 0.1) is 6.92 Å². The molecule has 5 nitrogen and oxygen atoms in total. The van der Waals surface area contributed by atoms with Crippen LogP contribution in [0.1, 0.15) is 49.7 Å². The van der Waals surface area contributed by atoms with Crippen molar-refractivity contribution in [1.82, 2.24) is 15.1 Å². The number of piperidine rings is 1. The molecule has 1 aromatic carbocycles. The quantitative estimate of drug-likeness (QED) is 0.893. The van der Waals surface area contributed by atoms with Crippen LogP contribution in [0.5, 0.6) is 0 Å². The molecular formula is C20H29N3O2. The fourth-order valence-corrected chi connectivity index (χ4v) is 3.80. The smallest absolute Gasteiger partial charge is 0.317 e. The predicted octanol–water partition coefficient (Wildman–Crippen LogP) is 3.07. The maximum absolute atomic E-state index is 12.6. The monoisotopic (exact) mass is 343 g/mol. The van der Waals surface area contributed by atoms with Crippen LogP contribution in [0.25, 0.3) is 0 Å². The van der Waals surface area contributed by atoms with Gasteiger partial charge in [-0.25, -0.2) is 4.79 Å². The Kier molecular flexibility index (Phi) is 5.95. The molecule has 5 heteroatoms. The molecule has 3 rings (SSSR count). The molecule has 0 aromatic heterocycles. The summed E-state index contributed by atoms with van der Waals surface area (Å²) in [5, 5.41) is 3.06. The molecule has 0 radical (unpaired) electrons. The molecule has 0 unspecified atom stereocenters. The Bertz CT molecular complexity index is 599. The number of rotatable bonds is 5. The molecule has 2 fully saturated rings. The van der Waals surface area contributed by atoms with E-state index in [2.05, 4.69) is 36.5 Å². The first-order valence-corrected chi connectivity index (χ1v) is 9.51. The van der Waals surface area contributed by atoms with Crippen molar-refractivity contribution < 1.29 is 9.59 Å². The minimum atomic E-state index is 0.0259. The van der Waals surface area contributed by atoms with E-state index in [1.54, 1.807) is 0 Å². The number of nitrogens with one attached hydrogen (secondary N) is 1. The summed E-state index contributed by atoms with van der Waals surface area (Å²) < 4.78 is 0. The molecule has 2 saturated heterocycles. The Balaban J connectivity index is 1.51. The number of hydrogen-bond acceptors (Lipinski definition) is 2. The molecule has 0 saturated carbocycles. The van der Waals surface area contributed by atoms with Crippen molar-refractivity contribution in [1.29, 1.82) is 0 Å². The van der Waals surface area contributed by atoms with Gasteiger partial charge in [-0.05, 0) is 44.6 Å². The van der Waals surface area contributed by atoms with E-state index in [0.29, 0.717) is 13.0 Å². The summed E-state index contributed by atoms with van der Waals surface area (Å²) in [6, 6.07) is 8.53. The normalized spacial score (nSPS) is 20.8. The highest BCUT2D eigenvalue weighted by molar-refractivity contribution is 5.78. The number of urea groups is 1. The van der Waals surface area contributed by atoms with E-state index >= 15 is 0 Å². The van der Waals surface area contributed by atoms with Crippen LogP contribution >= 0.6 is 0 Å². The fourth-order valence-electron chi connectivity index (χ4n) is 3.80. The van der Waals surface area contributed by atoms with Crippen molar-refractivity contribution >= 4 is 11.9 Å². The summed E-state index contributed by atoms with van der Waals surface area (Å²) in [6.45, 7) is 5.10. The van der Waals surface area contributed by atoms with Crippen molar-refractivity contribution in [2.75, 3.05) is 19.6 Å². The molecular weight excluding hydrogens is 314 g/mol. The summed E-state index contributed by atoms with van der Waals surface area (Å²) >= 11 is 0. The average molecular weight is 343 g/mol. The summed E-state index contributed by atoms with van der Waals surface area (Å²) in [7, 11) is 0. The van der Waals surface area contributed by atoms with Gasteiger partial charge in [0, 0.05) is 38.6 Å². The maximum atomic E-state index is 12.6. The summed E-state index contributed by atoms with van der Waals surface area (Å²) in [5.41, 5.74) is 2.35. The zero-order valence-corrected chi connectivity index (χ0v) is 15.2. The van der Waals surface area contributed by atoms with Crippen LogP contribution < -0.4 is 5.32 Å². The molecule has 3 amide bonds. The second-order valence-electron chi connectivity index (χ2n) is 7.26. The lowest BCUT2D eigenvalue weighted by Crippen LogP contribution is -2.49. The van der Waals surface area contributed by atoms with Crippen LogP contribution in [-0.4, -0.2) is 47.4 Å². The SMILES string of the molecule is Cc1ccc(CNC(=O)N2CCCC[C@@H]2CCN2CCCC2=O)cc1. The number of nitrogens with zero attached hydrogens (tertiary/aromatic N) is 2. The summed E-state index contributed by atoms with van der Waals surface area (Å²) in [6.07, 6.45) is 5.83. The largest absolute Gasteiger partial charge is 0.343 e. The molecule has 0 aliphatic carbocycles. The van der Waals surface area contributed by atoms with Crippen molar-refractivity contribution in [3.63, 3.8) is 0 Å². The van der Waals surface area contributed by atoms with Crippen LogP contribution in [0.4, 0.5) is 4.79 Å². The molecule has 0 bridgehead atoms. The van der Waals surface area contributed by atoms with Crippen molar-refractivity contribution in [3.05, 3.63) is 35.4 Å². The van der Waals surface area contributed by atoms with E-state index < -0.39 is 0 Å². The number of benzene rings is 1. The van der Waals surface area contributed by atoms with Gasteiger partial charge in [0.05, 0.1) is 0 Å². The molecule has 1 atom stereocenters. The number of aryl methyl sites for hydroxylation is 1. The third-order valence-corrected chi connectivity index (χ3v) is 5.36. The van der Waals surface area contributed by atoms with E-state index in [1.165, 1.54) is 12.0 Å². The van der Waals surface area contributed by atoms with E-state index in [4.69, 9.17) is 0 Å². The first kappa shape index (κ1) is 17.8. The highest BCUT2D eigenvalue weighted by atomic mass is 16.2. The first-order valence-electron chi connectivity index (χ1n) is 9.51. The number of amides is 3. The number of carbonyl (C=O) groups is 2. The standard InChI is InChI=1S/C20H29N3O2/c1-16-7-9-17(10-8-16)15-21-20(25)23-13-3-2-5-18(23)11-14-22-12-4-6-19(22)24/h7-10,18H,2-6,11-15H2,1H3,(H,21,25)/t18-/m1/s1. The Hall–Kier alpha value is -2.04. The van der Waals surface area contributed by atoms with Gasteiger partial charge in [0.15, 0.2) is 0 Å². The molecule has 2 heterocycles. The van der Waals surface area contributed by atoms with Crippen molar-refractivity contribution in [2.24, 2.45) is 0 Å². The predicted molar refractivity (Wildman–Crippen MR) is 98.2 cm³/mol. The minimum absolute atomic E-state index is 0.0259. The number of hydrogen-bond donors (Lipinski definition) is 1. The molecule has 1 N–H and O–H groups in total. The van der Waals surface area contributed by atoms with Crippen LogP contribution in [0.3, 0.4) is 0 Å². The highest BCUT2D eigenvalue weighted by Gasteiger charge is 2.28. The summed E-state index contributed by atoms with van der Waals surface area (Å²) in [4.78, 5) is 28.4.